The Bertz CT molecular complexity index is 487. The maximum Gasteiger partial charge on any atom is 0.191 e. The summed E-state index contributed by atoms with van der Waals surface area (Å²) in [5, 5.41) is 16.2. The number of nitrogens with zero attached hydrogens (tertiary/aromatic N) is 2. The van der Waals surface area contributed by atoms with Crippen molar-refractivity contribution >= 4 is 41.3 Å². The number of aliphatic hydroxyl groups excluding tert-OH is 1. The highest BCUT2D eigenvalue weighted by Crippen LogP contribution is 2.15. The third-order valence-electron chi connectivity index (χ3n) is 4.03. The van der Waals surface area contributed by atoms with E-state index in [1.54, 1.807) is 11.3 Å². The number of nitrogens with one attached hydrogen (secondary N) is 2. The molecule has 0 aliphatic carbocycles. The number of hydrogen-bond acceptors (Lipinski definition) is 4. The Morgan fingerprint density at radius 2 is 2.08 bits per heavy atom. The Kier molecular flexibility index (Phi) is 10.9. The third kappa shape index (κ3) is 8.13. The van der Waals surface area contributed by atoms with Gasteiger partial charge >= 0.3 is 0 Å². The normalized spacial score (nSPS) is 16.7. The first-order valence-electron chi connectivity index (χ1n) is 8.65. The molecular formula is C17H31IN4OS. The zero-order chi connectivity index (χ0) is 16.5. The molecule has 0 amide bonds. The van der Waals surface area contributed by atoms with Crippen LogP contribution < -0.4 is 10.6 Å². The molecule has 0 radical (unpaired) electrons. The molecule has 1 fully saturated rings. The van der Waals surface area contributed by atoms with Crippen molar-refractivity contribution in [3.63, 3.8) is 0 Å². The van der Waals surface area contributed by atoms with E-state index in [4.69, 9.17) is 0 Å². The smallest absolute Gasteiger partial charge is 0.191 e. The molecule has 1 aliphatic rings. The van der Waals surface area contributed by atoms with E-state index < -0.39 is 0 Å². The summed E-state index contributed by atoms with van der Waals surface area (Å²) in [6, 6.07) is 4.29. The van der Waals surface area contributed by atoms with Gasteiger partial charge in [-0.05, 0) is 51.8 Å². The van der Waals surface area contributed by atoms with Gasteiger partial charge in [-0.15, -0.1) is 35.3 Å². The van der Waals surface area contributed by atoms with Gasteiger partial charge in [0.15, 0.2) is 5.96 Å². The average molecular weight is 466 g/mol. The number of likely N-dealkylation sites (tertiary alicyclic amines) is 1. The highest BCUT2D eigenvalue weighted by molar-refractivity contribution is 14.0. The zero-order valence-electron chi connectivity index (χ0n) is 14.8. The second kappa shape index (κ2) is 12.1. The van der Waals surface area contributed by atoms with Gasteiger partial charge in [-0.25, -0.2) is 4.99 Å². The van der Waals surface area contributed by atoms with Crippen LogP contribution in [-0.4, -0.2) is 54.8 Å². The van der Waals surface area contributed by atoms with Crippen molar-refractivity contribution in [2.45, 2.75) is 45.8 Å². The molecule has 1 aromatic heterocycles. The highest BCUT2D eigenvalue weighted by Gasteiger charge is 2.15. The molecule has 3 N–H and O–H groups in total. The summed E-state index contributed by atoms with van der Waals surface area (Å²) in [7, 11) is 0. The minimum atomic E-state index is -0.0854. The van der Waals surface area contributed by atoms with E-state index in [0.717, 1.165) is 64.5 Å². The Balaban J connectivity index is 0.00000288. The van der Waals surface area contributed by atoms with E-state index in [1.165, 1.54) is 9.75 Å². The quantitative estimate of drug-likeness (QED) is 0.250. The molecule has 0 atom stereocenters. The van der Waals surface area contributed by atoms with Crippen LogP contribution in [0.2, 0.25) is 0 Å². The van der Waals surface area contributed by atoms with E-state index in [0.29, 0.717) is 0 Å². The highest BCUT2D eigenvalue weighted by atomic mass is 127. The number of thiophene rings is 1. The van der Waals surface area contributed by atoms with Gasteiger partial charge in [-0.2, -0.15) is 0 Å². The lowest BCUT2D eigenvalue weighted by atomic mass is 10.1. The lowest BCUT2D eigenvalue weighted by Crippen LogP contribution is -2.40. The van der Waals surface area contributed by atoms with Gasteiger partial charge in [0.25, 0.3) is 0 Å². The number of guanidine groups is 1. The second-order valence-corrected chi connectivity index (χ2v) is 7.43. The maximum absolute atomic E-state index is 9.52. The van der Waals surface area contributed by atoms with Crippen LogP contribution >= 0.6 is 35.3 Å². The van der Waals surface area contributed by atoms with Crippen LogP contribution in [0.1, 0.15) is 35.9 Å². The first-order valence-corrected chi connectivity index (χ1v) is 9.47. The van der Waals surface area contributed by atoms with Gasteiger partial charge in [0.1, 0.15) is 0 Å². The molecule has 1 saturated heterocycles. The number of hydrogen-bond donors (Lipinski definition) is 3. The number of aliphatic imine (C=N–C) groups is 1. The first kappa shape index (κ1) is 21.7. The number of aryl methyl sites for hydroxylation is 1. The first-order chi connectivity index (χ1) is 11.2. The van der Waals surface area contributed by atoms with Crippen LogP contribution in [0.4, 0.5) is 0 Å². The number of piperidine rings is 1. The van der Waals surface area contributed by atoms with Crippen LogP contribution in [-0.2, 0) is 6.54 Å². The molecule has 5 nitrogen and oxygen atoms in total. The molecule has 0 spiro atoms. The fourth-order valence-electron chi connectivity index (χ4n) is 2.72. The van der Waals surface area contributed by atoms with Crippen LogP contribution in [0, 0.1) is 6.92 Å². The van der Waals surface area contributed by atoms with Gasteiger partial charge in [-0.1, -0.05) is 0 Å². The lowest BCUT2D eigenvalue weighted by molar-refractivity contribution is 0.0823. The van der Waals surface area contributed by atoms with Crippen molar-refractivity contribution in [3.8, 4) is 0 Å². The summed E-state index contributed by atoms with van der Waals surface area (Å²) < 4.78 is 0. The molecule has 0 saturated carbocycles. The third-order valence-corrected chi connectivity index (χ3v) is 5.02. The monoisotopic (exact) mass is 466 g/mol. The molecule has 0 bridgehead atoms. The average Bonchev–Trinajstić information content (AvgIpc) is 2.96. The van der Waals surface area contributed by atoms with Gasteiger partial charge in [0.2, 0.25) is 0 Å². The summed E-state index contributed by atoms with van der Waals surface area (Å²) in [5.41, 5.74) is 0. The van der Waals surface area contributed by atoms with Crippen LogP contribution in [0.3, 0.4) is 0 Å². The summed E-state index contributed by atoms with van der Waals surface area (Å²) in [5.74, 6) is 0.896. The summed E-state index contributed by atoms with van der Waals surface area (Å²) in [4.78, 5) is 9.72. The molecule has 0 unspecified atom stereocenters. The topological polar surface area (TPSA) is 59.9 Å². The Morgan fingerprint density at radius 3 is 2.71 bits per heavy atom. The van der Waals surface area contributed by atoms with Gasteiger partial charge in [0.05, 0.1) is 12.6 Å². The van der Waals surface area contributed by atoms with Crippen LogP contribution in [0.25, 0.3) is 0 Å². The Morgan fingerprint density at radius 1 is 1.33 bits per heavy atom. The molecule has 2 rings (SSSR count). The summed E-state index contributed by atoms with van der Waals surface area (Å²) in [6.07, 6.45) is 2.84. The van der Waals surface area contributed by atoms with Crippen molar-refractivity contribution < 1.29 is 5.11 Å². The number of halogens is 1. The van der Waals surface area contributed by atoms with E-state index >= 15 is 0 Å². The van der Waals surface area contributed by atoms with Crippen molar-refractivity contribution in [1.29, 1.82) is 0 Å². The number of rotatable bonds is 7. The minimum absolute atomic E-state index is 0. The van der Waals surface area contributed by atoms with Gasteiger partial charge in [-0.3, -0.25) is 0 Å². The molecule has 0 aromatic carbocycles. The van der Waals surface area contributed by atoms with E-state index in [1.807, 2.05) is 0 Å². The fraction of sp³-hybridized carbons (Fsp3) is 0.706. The molecule has 24 heavy (non-hydrogen) atoms. The standard InChI is InChI=1S/C17H30N4OS.HI/c1-3-18-17(20-13-16-6-5-14(2)23-16)19-9-4-10-21-11-7-15(22)8-12-21;/h5-6,15,22H,3-4,7-13H2,1-2H3,(H2,18,19,20);1H. The molecular weight excluding hydrogens is 435 g/mol. The number of aliphatic hydroxyl groups is 1. The lowest BCUT2D eigenvalue weighted by Gasteiger charge is -2.29. The molecule has 1 aliphatic heterocycles. The molecule has 7 heteroatoms. The van der Waals surface area contributed by atoms with E-state index in [2.05, 4.69) is 46.5 Å². The zero-order valence-corrected chi connectivity index (χ0v) is 17.9. The summed E-state index contributed by atoms with van der Waals surface area (Å²) >= 11 is 1.81. The minimum Gasteiger partial charge on any atom is -0.393 e. The maximum atomic E-state index is 9.52. The molecule has 1 aromatic rings. The molecule has 2 heterocycles. The van der Waals surface area contributed by atoms with Crippen LogP contribution in [0.15, 0.2) is 17.1 Å². The van der Waals surface area contributed by atoms with Gasteiger partial charge in [0, 0.05) is 35.9 Å². The van der Waals surface area contributed by atoms with E-state index in [-0.39, 0.29) is 30.1 Å². The Hall–Kier alpha value is -0.380. The van der Waals surface area contributed by atoms with Crippen LogP contribution in [0.5, 0.6) is 0 Å². The van der Waals surface area contributed by atoms with Crippen molar-refractivity contribution in [3.05, 3.63) is 21.9 Å². The molecule has 138 valence electrons. The van der Waals surface area contributed by atoms with E-state index in [9.17, 15) is 5.11 Å². The second-order valence-electron chi connectivity index (χ2n) is 6.06. The fourth-order valence-corrected chi connectivity index (χ4v) is 3.54. The van der Waals surface area contributed by atoms with Gasteiger partial charge < -0.3 is 20.6 Å². The van der Waals surface area contributed by atoms with Crippen molar-refractivity contribution in [2.24, 2.45) is 4.99 Å². The summed E-state index contributed by atoms with van der Waals surface area (Å²) in [6.45, 7) is 9.88. The SMILES string of the molecule is CCNC(=NCc1ccc(C)s1)NCCCN1CCC(O)CC1.I. The van der Waals surface area contributed by atoms with Crippen molar-refractivity contribution in [1.82, 2.24) is 15.5 Å². The predicted molar refractivity (Wildman–Crippen MR) is 114 cm³/mol. The predicted octanol–water partition coefficient (Wildman–Crippen LogP) is 2.58. The Labute approximate surface area is 167 Å². The largest absolute Gasteiger partial charge is 0.393 e. The van der Waals surface area contributed by atoms with Crippen molar-refractivity contribution in [2.75, 3.05) is 32.7 Å².